The van der Waals surface area contributed by atoms with Crippen molar-refractivity contribution in [3.05, 3.63) is 175 Å². The first kappa shape index (κ1) is 29.5. The summed E-state index contributed by atoms with van der Waals surface area (Å²) in [5.41, 5.74) is 11.6. The quantitative estimate of drug-likeness (QED) is 0.175. The molecule has 0 amide bonds. The zero-order valence-corrected chi connectivity index (χ0v) is 26.5. The SMILES string of the molecule is Cc1c(B(O)O)cc(-c2ccc3c(c2)c2ccccc2n3-c2ccccc2)cc1N(c1ccccc1)c1ccc(-c2ccccc2)cc1. The molecule has 1 aromatic heterocycles. The largest absolute Gasteiger partial charge is 0.488 e. The smallest absolute Gasteiger partial charge is 0.423 e. The van der Waals surface area contributed by atoms with Crippen molar-refractivity contribution in [2.75, 3.05) is 4.90 Å². The van der Waals surface area contributed by atoms with Crippen LogP contribution in [0.25, 0.3) is 49.7 Å². The lowest BCUT2D eigenvalue weighted by Gasteiger charge is -2.29. The fraction of sp³-hybridized carbons (Fsp3) is 0.0233. The summed E-state index contributed by atoms with van der Waals surface area (Å²) in [6.45, 7) is 1.96. The summed E-state index contributed by atoms with van der Waals surface area (Å²) in [5, 5.41) is 23.6. The lowest BCUT2D eigenvalue weighted by atomic mass is 9.75. The molecule has 0 fully saturated rings. The zero-order chi connectivity index (χ0) is 32.6. The van der Waals surface area contributed by atoms with Gasteiger partial charge in [0.1, 0.15) is 0 Å². The second kappa shape index (κ2) is 12.4. The van der Waals surface area contributed by atoms with Crippen LogP contribution in [-0.4, -0.2) is 21.7 Å². The third kappa shape index (κ3) is 5.25. The molecule has 0 aliphatic heterocycles. The molecule has 0 radical (unpaired) electrons. The molecule has 0 spiro atoms. The van der Waals surface area contributed by atoms with Crippen molar-refractivity contribution in [1.29, 1.82) is 0 Å². The van der Waals surface area contributed by atoms with Crippen molar-refractivity contribution in [2.45, 2.75) is 6.92 Å². The Labute approximate surface area is 280 Å². The number of benzene rings is 7. The maximum absolute atomic E-state index is 10.7. The van der Waals surface area contributed by atoms with E-state index in [1.807, 2.05) is 55.5 Å². The van der Waals surface area contributed by atoms with E-state index in [1.165, 1.54) is 0 Å². The van der Waals surface area contributed by atoms with Crippen molar-refractivity contribution >= 4 is 51.4 Å². The van der Waals surface area contributed by atoms with Crippen molar-refractivity contribution in [3.8, 4) is 27.9 Å². The number of nitrogens with zero attached hydrogens (tertiary/aromatic N) is 2. The fourth-order valence-electron chi connectivity index (χ4n) is 6.83. The average Bonchev–Trinajstić information content (AvgIpc) is 3.47. The van der Waals surface area contributed by atoms with Crippen LogP contribution in [-0.2, 0) is 0 Å². The Balaban J connectivity index is 1.31. The van der Waals surface area contributed by atoms with E-state index in [4.69, 9.17) is 0 Å². The molecule has 8 rings (SSSR count). The van der Waals surface area contributed by atoms with Crippen LogP contribution < -0.4 is 10.4 Å². The molecule has 0 atom stereocenters. The molecule has 0 unspecified atom stereocenters. The van der Waals surface area contributed by atoms with E-state index >= 15 is 0 Å². The highest BCUT2D eigenvalue weighted by atomic mass is 16.4. The third-order valence-corrected chi connectivity index (χ3v) is 9.21. The van der Waals surface area contributed by atoms with Crippen LogP contribution in [0, 0.1) is 6.92 Å². The second-order valence-corrected chi connectivity index (χ2v) is 12.1. The normalized spacial score (nSPS) is 11.2. The minimum Gasteiger partial charge on any atom is -0.423 e. The standard InChI is InChI=1S/C43H33BN2O2/c1-30-40(44(47)48)28-34(33-23-26-42-39(27-33)38-19-11-12-20-41(38)46(42)36-17-9-4-10-18-36)29-43(30)45(35-15-7-3-8-16-35)37-24-21-32(22-25-37)31-13-5-2-6-14-31/h2-29,47-48H,1H3. The molecule has 4 nitrogen and oxygen atoms in total. The Kier molecular flexibility index (Phi) is 7.62. The lowest BCUT2D eigenvalue weighted by molar-refractivity contribution is 0.425. The fourth-order valence-corrected chi connectivity index (χ4v) is 6.83. The van der Waals surface area contributed by atoms with Gasteiger partial charge in [0.15, 0.2) is 0 Å². The van der Waals surface area contributed by atoms with Gasteiger partial charge in [0.25, 0.3) is 0 Å². The van der Waals surface area contributed by atoms with E-state index in [2.05, 4.69) is 131 Å². The lowest BCUT2D eigenvalue weighted by Crippen LogP contribution is -2.33. The molecule has 2 N–H and O–H groups in total. The van der Waals surface area contributed by atoms with Gasteiger partial charge < -0.3 is 19.5 Å². The number of aromatic nitrogens is 1. The number of para-hydroxylation sites is 3. The number of hydrogen-bond acceptors (Lipinski definition) is 3. The average molecular weight is 621 g/mol. The Hall–Kier alpha value is -5.88. The van der Waals surface area contributed by atoms with Gasteiger partial charge >= 0.3 is 7.12 Å². The molecule has 1 heterocycles. The van der Waals surface area contributed by atoms with Gasteiger partial charge in [-0.05, 0) is 101 Å². The van der Waals surface area contributed by atoms with Crippen LogP contribution >= 0.6 is 0 Å². The summed E-state index contributed by atoms with van der Waals surface area (Å²) < 4.78 is 2.30. The first-order valence-electron chi connectivity index (χ1n) is 16.2. The molecule has 0 aliphatic rings. The van der Waals surface area contributed by atoms with Gasteiger partial charge in [0, 0.05) is 33.5 Å². The molecular weight excluding hydrogens is 587 g/mol. The van der Waals surface area contributed by atoms with Crippen molar-refractivity contribution < 1.29 is 10.0 Å². The third-order valence-electron chi connectivity index (χ3n) is 9.21. The first-order valence-corrected chi connectivity index (χ1v) is 16.2. The molecule has 0 aliphatic carbocycles. The van der Waals surface area contributed by atoms with Gasteiger partial charge in [0.2, 0.25) is 0 Å². The van der Waals surface area contributed by atoms with E-state index in [9.17, 15) is 10.0 Å². The van der Waals surface area contributed by atoms with Crippen LogP contribution in [0.2, 0.25) is 0 Å². The number of hydrogen-bond donors (Lipinski definition) is 2. The van der Waals surface area contributed by atoms with E-state index in [0.717, 1.165) is 72.4 Å². The number of anilines is 3. The van der Waals surface area contributed by atoms with Gasteiger partial charge in [-0.25, -0.2) is 0 Å². The van der Waals surface area contributed by atoms with Gasteiger partial charge in [-0.1, -0.05) is 109 Å². The zero-order valence-electron chi connectivity index (χ0n) is 26.5. The predicted molar refractivity (Wildman–Crippen MR) is 201 cm³/mol. The van der Waals surface area contributed by atoms with Crippen LogP contribution in [0.4, 0.5) is 17.1 Å². The Morgan fingerprint density at radius 1 is 0.479 bits per heavy atom. The summed E-state index contributed by atoms with van der Waals surface area (Å²) >= 11 is 0. The number of fused-ring (bicyclic) bond motifs is 3. The Morgan fingerprint density at radius 2 is 1.04 bits per heavy atom. The summed E-state index contributed by atoms with van der Waals surface area (Å²) in [6.07, 6.45) is 0. The van der Waals surface area contributed by atoms with Gasteiger partial charge in [-0.15, -0.1) is 0 Å². The first-order chi connectivity index (χ1) is 23.6. The maximum atomic E-state index is 10.7. The molecule has 0 saturated carbocycles. The Morgan fingerprint density at radius 3 is 1.75 bits per heavy atom. The minimum absolute atomic E-state index is 0.469. The van der Waals surface area contributed by atoms with Crippen LogP contribution in [0.3, 0.4) is 0 Å². The summed E-state index contributed by atoms with van der Waals surface area (Å²) in [6, 6.07) is 58.6. The molecule has 7 aromatic carbocycles. The van der Waals surface area contributed by atoms with E-state index in [-0.39, 0.29) is 0 Å². The molecular formula is C43H33BN2O2. The minimum atomic E-state index is -1.63. The summed E-state index contributed by atoms with van der Waals surface area (Å²) in [4.78, 5) is 2.19. The molecule has 8 aromatic rings. The topological polar surface area (TPSA) is 48.6 Å². The van der Waals surface area contributed by atoms with Crippen LogP contribution in [0.15, 0.2) is 170 Å². The monoisotopic (exact) mass is 620 g/mol. The van der Waals surface area contributed by atoms with Gasteiger partial charge in [0.05, 0.1) is 11.0 Å². The summed E-state index contributed by atoms with van der Waals surface area (Å²) in [7, 11) is -1.63. The molecule has 0 saturated heterocycles. The van der Waals surface area contributed by atoms with Gasteiger partial charge in [-0.3, -0.25) is 0 Å². The predicted octanol–water partition coefficient (Wildman–Crippen LogP) is 9.58. The van der Waals surface area contributed by atoms with E-state index in [0.29, 0.717) is 5.46 Å². The van der Waals surface area contributed by atoms with E-state index < -0.39 is 7.12 Å². The van der Waals surface area contributed by atoms with Crippen LogP contribution in [0.5, 0.6) is 0 Å². The highest BCUT2D eigenvalue weighted by molar-refractivity contribution is 6.59. The second-order valence-electron chi connectivity index (χ2n) is 12.1. The Bertz CT molecular complexity index is 2370. The van der Waals surface area contributed by atoms with E-state index in [1.54, 1.807) is 0 Å². The molecule has 48 heavy (non-hydrogen) atoms. The van der Waals surface area contributed by atoms with Crippen molar-refractivity contribution in [1.82, 2.24) is 4.57 Å². The maximum Gasteiger partial charge on any atom is 0.488 e. The van der Waals surface area contributed by atoms with Crippen molar-refractivity contribution in [3.63, 3.8) is 0 Å². The van der Waals surface area contributed by atoms with Crippen LogP contribution in [0.1, 0.15) is 5.56 Å². The number of rotatable bonds is 7. The molecule has 5 heteroatoms. The summed E-state index contributed by atoms with van der Waals surface area (Å²) in [5.74, 6) is 0. The highest BCUT2D eigenvalue weighted by Gasteiger charge is 2.23. The molecule has 0 bridgehead atoms. The highest BCUT2D eigenvalue weighted by Crippen LogP contribution is 2.40. The molecule has 230 valence electrons. The van der Waals surface area contributed by atoms with Crippen molar-refractivity contribution in [2.24, 2.45) is 0 Å². The van der Waals surface area contributed by atoms with Gasteiger partial charge in [-0.2, -0.15) is 0 Å².